The number of hydrogen-bond acceptors (Lipinski definition) is 5. The molecule has 6 rings (SSSR count). The van der Waals surface area contributed by atoms with Crippen molar-refractivity contribution in [1.82, 2.24) is 9.38 Å². The second kappa shape index (κ2) is 10.9. The molecule has 2 fully saturated rings. The van der Waals surface area contributed by atoms with E-state index in [4.69, 9.17) is 9.72 Å². The van der Waals surface area contributed by atoms with Crippen molar-refractivity contribution < 1.29 is 19.4 Å². The topological polar surface area (TPSA) is 84.1 Å². The first-order valence-corrected chi connectivity index (χ1v) is 14.6. The molecule has 0 atom stereocenters. The lowest BCUT2D eigenvalue weighted by Gasteiger charge is -2.37. The van der Waals surface area contributed by atoms with Crippen molar-refractivity contribution in [2.45, 2.75) is 51.5 Å². The Morgan fingerprint density at radius 2 is 1.72 bits per heavy atom. The number of fused-ring (bicyclic) bond motifs is 1. The molecule has 1 N–H and O–H groups in total. The summed E-state index contributed by atoms with van der Waals surface area (Å²) in [5.41, 5.74) is 4.21. The molecule has 1 saturated heterocycles. The van der Waals surface area contributed by atoms with E-state index in [1.54, 1.807) is 0 Å². The Labute approximate surface area is 232 Å². The summed E-state index contributed by atoms with van der Waals surface area (Å²) < 4.78 is 7.57. The molecule has 7 nitrogen and oxygen atoms in total. The molecule has 0 radical (unpaired) electrons. The van der Waals surface area contributed by atoms with Gasteiger partial charge in [-0.05, 0) is 68.2 Å². The molecule has 1 amide bonds. The number of carboxylic acid groups (broad SMARTS) is 1. The van der Waals surface area contributed by atoms with Gasteiger partial charge in [-0.25, -0.2) is 9.78 Å². The van der Waals surface area contributed by atoms with E-state index in [0.717, 1.165) is 53.0 Å². The summed E-state index contributed by atoms with van der Waals surface area (Å²) in [5, 5.41) is 10.2. The average Bonchev–Trinajstić information content (AvgIpc) is 3.60. The third-order valence-corrected chi connectivity index (χ3v) is 9.32. The van der Waals surface area contributed by atoms with Crippen LogP contribution in [0.2, 0.25) is 0 Å². The summed E-state index contributed by atoms with van der Waals surface area (Å²) in [5.74, 6) is -0.345. The van der Waals surface area contributed by atoms with Crippen molar-refractivity contribution in [1.29, 1.82) is 0 Å². The summed E-state index contributed by atoms with van der Waals surface area (Å²) in [6.07, 6.45) is 9.21. The fourth-order valence-electron chi connectivity index (χ4n) is 5.88. The molecule has 1 aliphatic carbocycles. The van der Waals surface area contributed by atoms with E-state index in [1.807, 2.05) is 70.2 Å². The number of ether oxygens (including phenoxy) is 1. The Morgan fingerprint density at radius 3 is 2.41 bits per heavy atom. The number of benzene rings is 1. The van der Waals surface area contributed by atoms with Gasteiger partial charge in [0.2, 0.25) is 5.91 Å². The molecule has 1 aromatic carbocycles. The number of carbonyl (C=O) groups is 2. The minimum absolute atomic E-state index is 0.0522. The van der Waals surface area contributed by atoms with E-state index in [9.17, 15) is 14.7 Å². The van der Waals surface area contributed by atoms with Crippen LogP contribution >= 0.6 is 11.3 Å². The minimum Gasteiger partial charge on any atom is -0.477 e. The average molecular weight is 544 g/mol. The maximum absolute atomic E-state index is 14.0. The third kappa shape index (κ3) is 5.23. The number of aromatic nitrogens is 2. The summed E-state index contributed by atoms with van der Waals surface area (Å²) in [6.45, 7) is 3.41. The Morgan fingerprint density at radius 1 is 1.00 bits per heavy atom. The summed E-state index contributed by atoms with van der Waals surface area (Å²) in [4.78, 5) is 34.0. The molecular formula is C31H33N3O4S. The number of amides is 1. The monoisotopic (exact) mass is 543 g/mol. The Kier molecular flexibility index (Phi) is 7.23. The van der Waals surface area contributed by atoms with Crippen molar-refractivity contribution >= 4 is 34.5 Å². The van der Waals surface area contributed by atoms with E-state index in [1.165, 1.54) is 11.3 Å². The van der Waals surface area contributed by atoms with Gasteiger partial charge < -0.3 is 19.1 Å². The van der Waals surface area contributed by atoms with E-state index in [-0.39, 0.29) is 22.7 Å². The molecule has 0 spiro atoms. The molecule has 202 valence electrons. The summed E-state index contributed by atoms with van der Waals surface area (Å²) in [6, 6.07) is 15.8. The highest BCUT2D eigenvalue weighted by Crippen LogP contribution is 2.41. The molecule has 4 aromatic rings. The van der Waals surface area contributed by atoms with Crippen molar-refractivity contribution in [3.8, 4) is 21.7 Å². The van der Waals surface area contributed by atoms with Gasteiger partial charge in [-0.1, -0.05) is 37.3 Å². The van der Waals surface area contributed by atoms with Gasteiger partial charge in [0.25, 0.3) is 0 Å². The zero-order valence-corrected chi connectivity index (χ0v) is 22.9. The highest BCUT2D eigenvalue weighted by atomic mass is 32.1. The van der Waals surface area contributed by atoms with Crippen LogP contribution in [0.25, 0.3) is 27.3 Å². The van der Waals surface area contributed by atoms with Gasteiger partial charge in [0.15, 0.2) is 0 Å². The Bertz CT molecular complexity index is 1440. The van der Waals surface area contributed by atoms with E-state index >= 15 is 0 Å². The zero-order chi connectivity index (χ0) is 26.9. The number of carbonyl (C=O) groups excluding carboxylic acids is 1. The highest BCUT2D eigenvalue weighted by molar-refractivity contribution is 7.18. The van der Waals surface area contributed by atoms with E-state index < -0.39 is 5.97 Å². The standard InChI is InChI=1S/C31H33N3O4S/c1-20-5-7-23(8-6-20)30(35)34(24-13-16-38-17-14-24)26-18-27(39-29(26)31(36)37)22-11-9-21(10-12-22)25-19-33-15-3-2-4-28(33)32-25/h2-4,9-12,15,18-20,23-24H,5-8,13-14,16-17H2,1H3,(H,36,37)/t20-,23-. The van der Waals surface area contributed by atoms with Crippen LogP contribution in [0.5, 0.6) is 0 Å². The smallest absolute Gasteiger partial charge is 0.348 e. The second-order valence-electron chi connectivity index (χ2n) is 10.8. The molecule has 0 bridgehead atoms. The van der Waals surface area contributed by atoms with Crippen LogP contribution in [-0.2, 0) is 9.53 Å². The van der Waals surface area contributed by atoms with Gasteiger partial charge in [0.05, 0.1) is 11.4 Å². The van der Waals surface area contributed by atoms with E-state index in [2.05, 4.69) is 6.92 Å². The van der Waals surface area contributed by atoms with Crippen LogP contribution in [0.3, 0.4) is 0 Å². The maximum atomic E-state index is 14.0. The number of anilines is 1. The number of imidazole rings is 1. The number of pyridine rings is 1. The lowest BCUT2D eigenvalue weighted by Crippen LogP contribution is -2.47. The first-order chi connectivity index (χ1) is 19.0. The zero-order valence-electron chi connectivity index (χ0n) is 22.1. The molecule has 1 saturated carbocycles. The number of rotatable bonds is 6. The lowest BCUT2D eigenvalue weighted by atomic mass is 9.82. The molecule has 8 heteroatoms. The predicted molar refractivity (Wildman–Crippen MR) is 153 cm³/mol. The second-order valence-corrected chi connectivity index (χ2v) is 11.9. The number of hydrogen-bond donors (Lipinski definition) is 1. The molecule has 39 heavy (non-hydrogen) atoms. The van der Waals surface area contributed by atoms with Crippen molar-refractivity contribution in [2.75, 3.05) is 18.1 Å². The molecule has 0 unspecified atom stereocenters. The van der Waals surface area contributed by atoms with Crippen LogP contribution in [0.4, 0.5) is 5.69 Å². The fraction of sp³-hybridized carbons (Fsp3) is 0.387. The largest absolute Gasteiger partial charge is 0.477 e. The van der Waals surface area contributed by atoms with Gasteiger partial charge in [0, 0.05) is 48.0 Å². The molecular weight excluding hydrogens is 510 g/mol. The molecule has 4 heterocycles. The van der Waals surface area contributed by atoms with Crippen LogP contribution in [0.15, 0.2) is 60.9 Å². The van der Waals surface area contributed by atoms with Crippen LogP contribution < -0.4 is 4.90 Å². The number of aromatic carboxylic acids is 1. The fourth-order valence-corrected chi connectivity index (χ4v) is 6.87. The predicted octanol–water partition coefficient (Wildman–Crippen LogP) is 6.77. The van der Waals surface area contributed by atoms with Gasteiger partial charge in [-0.2, -0.15) is 0 Å². The van der Waals surface area contributed by atoms with Crippen LogP contribution in [-0.4, -0.2) is 45.6 Å². The first kappa shape index (κ1) is 25.8. The van der Waals surface area contributed by atoms with Gasteiger partial charge in [-0.15, -0.1) is 11.3 Å². The summed E-state index contributed by atoms with van der Waals surface area (Å²) >= 11 is 1.24. The van der Waals surface area contributed by atoms with Crippen LogP contribution in [0, 0.1) is 11.8 Å². The Hall–Kier alpha value is -3.49. The third-order valence-electron chi connectivity index (χ3n) is 8.15. The van der Waals surface area contributed by atoms with Crippen molar-refractivity contribution in [3.63, 3.8) is 0 Å². The number of thiophene rings is 1. The van der Waals surface area contributed by atoms with Gasteiger partial charge in [0.1, 0.15) is 10.5 Å². The lowest BCUT2D eigenvalue weighted by molar-refractivity contribution is -0.124. The summed E-state index contributed by atoms with van der Waals surface area (Å²) in [7, 11) is 0. The van der Waals surface area contributed by atoms with Crippen molar-refractivity contribution in [2.24, 2.45) is 11.8 Å². The van der Waals surface area contributed by atoms with Gasteiger partial charge >= 0.3 is 5.97 Å². The SMILES string of the molecule is C[C@H]1CC[C@H](C(=O)N(c2cc(-c3ccc(-c4cn5ccccc5n4)cc3)sc2C(=O)O)C2CCOCC2)CC1. The molecule has 1 aliphatic heterocycles. The minimum atomic E-state index is -0.996. The quantitative estimate of drug-likeness (QED) is 0.290. The first-order valence-electron chi connectivity index (χ1n) is 13.8. The van der Waals surface area contributed by atoms with E-state index in [0.29, 0.717) is 37.7 Å². The molecule has 2 aliphatic rings. The maximum Gasteiger partial charge on any atom is 0.348 e. The highest BCUT2D eigenvalue weighted by Gasteiger charge is 2.36. The van der Waals surface area contributed by atoms with Gasteiger partial charge in [-0.3, -0.25) is 4.79 Å². The number of nitrogens with zero attached hydrogens (tertiary/aromatic N) is 3. The van der Waals surface area contributed by atoms with Crippen LogP contribution in [0.1, 0.15) is 55.1 Å². The van der Waals surface area contributed by atoms with Crippen molar-refractivity contribution in [3.05, 3.63) is 65.8 Å². The Balaban J connectivity index is 1.34. The number of carboxylic acids is 1. The normalized spacial score (nSPS) is 20.2. The molecule has 3 aromatic heterocycles.